The van der Waals surface area contributed by atoms with E-state index in [9.17, 15) is 22.8 Å². The molecule has 0 bridgehead atoms. The Morgan fingerprint density at radius 2 is 1.78 bits per heavy atom. The van der Waals surface area contributed by atoms with Gasteiger partial charge in [0.2, 0.25) is 11.8 Å². The summed E-state index contributed by atoms with van der Waals surface area (Å²) in [5, 5.41) is 2.13. The third kappa shape index (κ3) is 6.29. The average molecular weight is 399 g/mol. The van der Waals surface area contributed by atoms with Crippen molar-refractivity contribution >= 4 is 29.1 Å². The van der Waals surface area contributed by atoms with Crippen molar-refractivity contribution < 1.29 is 22.8 Å². The first-order valence-electron chi connectivity index (χ1n) is 8.13. The van der Waals surface area contributed by atoms with Crippen LogP contribution in [0, 0.1) is 0 Å². The summed E-state index contributed by atoms with van der Waals surface area (Å²) in [7, 11) is 0. The Labute approximate surface area is 159 Å². The maximum Gasteiger partial charge on any atom is 0.418 e. The minimum Gasteiger partial charge on any atom is -0.333 e. The van der Waals surface area contributed by atoms with Crippen LogP contribution in [0.3, 0.4) is 0 Å². The summed E-state index contributed by atoms with van der Waals surface area (Å²) in [6.45, 7) is 1.24. The van der Waals surface area contributed by atoms with E-state index >= 15 is 0 Å². The number of hydrogen-bond acceptors (Lipinski definition) is 2. The van der Waals surface area contributed by atoms with E-state index in [0.717, 1.165) is 17.7 Å². The number of anilines is 1. The Balaban J connectivity index is 2.05. The normalized spacial score (nSPS) is 11.1. The monoisotopic (exact) mass is 398 g/mol. The van der Waals surface area contributed by atoms with E-state index in [1.165, 1.54) is 17.9 Å². The molecule has 27 heavy (non-hydrogen) atoms. The summed E-state index contributed by atoms with van der Waals surface area (Å²) in [6.07, 6.45) is -4.14. The molecule has 0 saturated carbocycles. The molecule has 0 unspecified atom stereocenters. The summed E-state index contributed by atoms with van der Waals surface area (Å²) >= 11 is 5.62. The third-order valence-electron chi connectivity index (χ3n) is 3.85. The smallest absolute Gasteiger partial charge is 0.333 e. The highest BCUT2D eigenvalue weighted by Crippen LogP contribution is 2.36. The molecular formula is C19H18ClF3N2O2. The van der Waals surface area contributed by atoms with E-state index < -0.39 is 23.3 Å². The van der Waals surface area contributed by atoms with Gasteiger partial charge in [0.25, 0.3) is 0 Å². The number of halogens is 4. The van der Waals surface area contributed by atoms with Gasteiger partial charge in [0.05, 0.1) is 17.8 Å². The van der Waals surface area contributed by atoms with Gasteiger partial charge in [-0.3, -0.25) is 9.59 Å². The Kier molecular flexibility index (Phi) is 6.85. The summed E-state index contributed by atoms with van der Waals surface area (Å²) in [5.41, 5.74) is -0.452. The maximum atomic E-state index is 13.1. The molecule has 0 aliphatic heterocycles. The quantitative estimate of drug-likeness (QED) is 0.784. The lowest BCUT2D eigenvalue weighted by molar-refractivity contribution is -0.137. The van der Waals surface area contributed by atoms with Crippen molar-refractivity contribution in [1.29, 1.82) is 0 Å². The van der Waals surface area contributed by atoms with E-state index in [1.54, 1.807) is 0 Å². The van der Waals surface area contributed by atoms with Gasteiger partial charge >= 0.3 is 6.18 Å². The van der Waals surface area contributed by atoms with Crippen molar-refractivity contribution in [3.63, 3.8) is 0 Å². The Bertz CT molecular complexity index is 810. The predicted molar refractivity (Wildman–Crippen MR) is 97.5 cm³/mol. The molecule has 144 valence electrons. The highest BCUT2D eigenvalue weighted by molar-refractivity contribution is 6.30. The molecule has 0 atom stereocenters. The highest BCUT2D eigenvalue weighted by Gasteiger charge is 2.34. The van der Waals surface area contributed by atoms with Crippen molar-refractivity contribution in [3.8, 4) is 0 Å². The number of nitrogens with zero attached hydrogens (tertiary/aromatic N) is 1. The van der Waals surface area contributed by atoms with E-state index in [-0.39, 0.29) is 24.0 Å². The fourth-order valence-corrected chi connectivity index (χ4v) is 2.65. The van der Waals surface area contributed by atoms with Gasteiger partial charge in [-0.15, -0.1) is 0 Å². The summed E-state index contributed by atoms with van der Waals surface area (Å²) in [4.78, 5) is 25.3. The Morgan fingerprint density at radius 1 is 1.11 bits per heavy atom. The number of amides is 2. The first-order chi connectivity index (χ1) is 12.7. The van der Waals surface area contributed by atoms with E-state index in [2.05, 4.69) is 5.32 Å². The van der Waals surface area contributed by atoms with Crippen molar-refractivity contribution in [2.75, 3.05) is 18.4 Å². The van der Waals surface area contributed by atoms with Crippen LogP contribution < -0.4 is 5.32 Å². The molecule has 2 amide bonds. The lowest BCUT2D eigenvalue weighted by Gasteiger charge is -2.21. The molecular weight excluding hydrogens is 381 g/mol. The average Bonchev–Trinajstić information content (AvgIpc) is 2.60. The summed E-state index contributed by atoms with van der Waals surface area (Å²) < 4.78 is 39.3. The molecule has 0 saturated heterocycles. The number of nitrogens with one attached hydrogen (secondary N) is 1. The number of benzene rings is 2. The molecule has 2 aromatic carbocycles. The van der Waals surface area contributed by atoms with E-state index in [1.807, 2.05) is 30.3 Å². The summed E-state index contributed by atoms with van der Waals surface area (Å²) in [5.74, 6) is -1.06. The zero-order valence-corrected chi connectivity index (χ0v) is 15.3. The Morgan fingerprint density at radius 3 is 2.37 bits per heavy atom. The molecule has 0 radical (unpaired) electrons. The second-order valence-corrected chi connectivity index (χ2v) is 6.35. The van der Waals surface area contributed by atoms with Crippen molar-refractivity contribution in [1.82, 2.24) is 4.90 Å². The minimum atomic E-state index is -4.67. The minimum absolute atomic E-state index is 0.0893. The van der Waals surface area contributed by atoms with Gasteiger partial charge in [0.1, 0.15) is 0 Å². The second kappa shape index (κ2) is 8.90. The second-order valence-electron chi connectivity index (χ2n) is 5.91. The number of hydrogen-bond donors (Lipinski definition) is 1. The van der Waals surface area contributed by atoms with Gasteiger partial charge in [-0.1, -0.05) is 41.9 Å². The molecule has 8 heteroatoms. The van der Waals surface area contributed by atoms with Crippen LogP contribution in [0.2, 0.25) is 5.02 Å². The lowest BCUT2D eigenvalue weighted by Crippen LogP contribution is -2.38. The largest absolute Gasteiger partial charge is 0.418 e. The molecule has 4 nitrogen and oxygen atoms in total. The van der Waals surface area contributed by atoms with Crippen molar-refractivity contribution in [2.24, 2.45) is 0 Å². The van der Waals surface area contributed by atoms with Gasteiger partial charge in [-0.2, -0.15) is 13.2 Å². The molecule has 2 rings (SSSR count). The van der Waals surface area contributed by atoms with Crippen LogP contribution >= 0.6 is 11.6 Å². The molecule has 0 aromatic heterocycles. The van der Waals surface area contributed by atoms with Crippen LogP contribution in [-0.2, 0) is 22.2 Å². The van der Waals surface area contributed by atoms with Gasteiger partial charge in [0.15, 0.2) is 0 Å². The first-order valence-corrected chi connectivity index (χ1v) is 8.50. The van der Waals surface area contributed by atoms with Crippen LogP contribution in [0.15, 0.2) is 48.5 Å². The fraction of sp³-hybridized carbons (Fsp3) is 0.263. The molecule has 0 aliphatic carbocycles. The van der Waals surface area contributed by atoms with Crippen molar-refractivity contribution in [3.05, 3.63) is 64.7 Å². The Hall–Kier alpha value is -2.54. The maximum absolute atomic E-state index is 13.1. The molecule has 0 fully saturated rings. The number of rotatable bonds is 6. The molecule has 2 aromatic rings. The molecule has 0 aliphatic rings. The molecule has 0 heterocycles. The predicted octanol–water partition coefficient (Wildman–Crippen LogP) is 4.39. The van der Waals surface area contributed by atoms with Crippen molar-refractivity contribution in [2.45, 2.75) is 19.5 Å². The SMILES string of the molecule is CC(=O)N(CCc1ccccc1)CC(=O)Nc1ccc(Cl)cc1C(F)(F)F. The third-order valence-corrected chi connectivity index (χ3v) is 4.09. The molecule has 0 spiro atoms. The highest BCUT2D eigenvalue weighted by atomic mass is 35.5. The standard InChI is InChI=1S/C19H18ClF3N2O2/c1-13(26)25(10-9-14-5-3-2-4-6-14)12-18(27)24-17-8-7-15(20)11-16(17)19(21,22)23/h2-8,11H,9-10,12H2,1H3,(H,24,27). The van der Waals surface area contributed by atoms with Gasteiger partial charge < -0.3 is 10.2 Å². The fourth-order valence-electron chi connectivity index (χ4n) is 2.48. The van der Waals surface area contributed by atoms with E-state index in [4.69, 9.17) is 11.6 Å². The lowest BCUT2D eigenvalue weighted by atomic mass is 10.1. The van der Waals surface area contributed by atoms with Gasteiger partial charge in [-0.25, -0.2) is 0 Å². The molecule has 1 N–H and O–H groups in total. The number of carbonyl (C=O) groups excluding carboxylic acids is 2. The van der Waals surface area contributed by atoms with Gasteiger partial charge in [0, 0.05) is 18.5 Å². The zero-order chi connectivity index (χ0) is 20.0. The first kappa shape index (κ1) is 20.8. The summed E-state index contributed by atoms with van der Waals surface area (Å²) in [6, 6.07) is 12.5. The number of carbonyl (C=O) groups is 2. The van der Waals surface area contributed by atoms with Crippen LogP contribution in [0.5, 0.6) is 0 Å². The zero-order valence-electron chi connectivity index (χ0n) is 14.5. The van der Waals surface area contributed by atoms with Gasteiger partial charge in [-0.05, 0) is 30.2 Å². The van der Waals surface area contributed by atoms with Crippen LogP contribution in [0.25, 0.3) is 0 Å². The van der Waals surface area contributed by atoms with Crippen LogP contribution in [-0.4, -0.2) is 29.8 Å². The number of alkyl halides is 3. The van der Waals surface area contributed by atoms with Crippen LogP contribution in [0.1, 0.15) is 18.1 Å². The van der Waals surface area contributed by atoms with E-state index in [0.29, 0.717) is 6.42 Å². The topological polar surface area (TPSA) is 49.4 Å². The van der Waals surface area contributed by atoms with Crippen LogP contribution in [0.4, 0.5) is 18.9 Å².